The SMILES string of the molecule is O=C(c1cnc2c(c1)ncn2C1CC1)N1CCN(CCc2ccccc2)CC1. The third-order valence-electron chi connectivity index (χ3n) is 5.82. The molecule has 0 atom stereocenters. The predicted octanol–water partition coefficient (Wildman–Crippen LogP) is 2.77. The highest BCUT2D eigenvalue weighted by molar-refractivity contribution is 5.96. The monoisotopic (exact) mass is 375 g/mol. The summed E-state index contributed by atoms with van der Waals surface area (Å²) in [5, 5.41) is 0. The molecule has 1 saturated carbocycles. The summed E-state index contributed by atoms with van der Waals surface area (Å²) in [6.07, 6.45) is 7.02. The number of fused-ring (bicyclic) bond motifs is 1. The molecule has 0 unspecified atom stereocenters. The molecule has 5 rings (SSSR count). The van der Waals surface area contributed by atoms with Crippen LogP contribution in [0.1, 0.15) is 34.8 Å². The molecule has 3 heterocycles. The van der Waals surface area contributed by atoms with E-state index in [0.717, 1.165) is 50.3 Å². The van der Waals surface area contributed by atoms with Crippen LogP contribution in [-0.4, -0.2) is 63.0 Å². The van der Waals surface area contributed by atoms with Gasteiger partial charge in [-0.25, -0.2) is 9.97 Å². The van der Waals surface area contributed by atoms with E-state index in [2.05, 4.69) is 49.8 Å². The second-order valence-electron chi connectivity index (χ2n) is 7.82. The van der Waals surface area contributed by atoms with E-state index in [4.69, 9.17) is 0 Å². The lowest BCUT2D eigenvalue weighted by Crippen LogP contribution is -2.49. The van der Waals surface area contributed by atoms with Gasteiger partial charge in [0.1, 0.15) is 5.52 Å². The molecule has 2 aromatic heterocycles. The number of nitrogens with zero attached hydrogens (tertiary/aromatic N) is 5. The van der Waals surface area contributed by atoms with Crippen molar-refractivity contribution in [2.24, 2.45) is 0 Å². The first-order valence-corrected chi connectivity index (χ1v) is 10.2. The van der Waals surface area contributed by atoms with E-state index < -0.39 is 0 Å². The molecule has 1 aromatic carbocycles. The first kappa shape index (κ1) is 17.4. The third-order valence-corrected chi connectivity index (χ3v) is 5.82. The highest BCUT2D eigenvalue weighted by Gasteiger charge is 2.27. The molecule has 1 aliphatic heterocycles. The van der Waals surface area contributed by atoms with Crippen LogP contribution >= 0.6 is 0 Å². The highest BCUT2D eigenvalue weighted by atomic mass is 16.2. The van der Waals surface area contributed by atoms with Crippen molar-refractivity contribution in [2.45, 2.75) is 25.3 Å². The lowest BCUT2D eigenvalue weighted by Gasteiger charge is -2.34. The number of pyridine rings is 1. The summed E-state index contributed by atoms with van der Waals surface area (Å²) in [4.78, 5) is 26.3. The van der Waals surface area contributed by atoms with E-state index in [1.807, 2.05) is 17.3 Å². The van der Waals surface area contributed by atoms with Gasteiger partial charge in [0.2, 0.25) is 0 Å². The van der Waals surface area contributed by atoms with Crippen LogP contribution in [0.3, 0.4) is 0 Å². The fourth-order valence-electron chi connectivity index (χ4n) is 3.94. The van der Waals surface area contributed by atoms with Gasteiger partial charge in [-0.15, -0.1) is 0 Å². The Kier molecular flexibility index (Phi) is 4.56. The van der Waals surface area contributed by atoms with Gasteiger partial charge in [0.05, 0.1) is 11.9 Å². The van der Waals surface area contributed by atoms with Crippen molar-refractivity contribution in [3.63, 3.8) is 0 Å². The quantitative estimate of drug-likeness (QED) is 0.688. The molecule has 0 N–H and O–H groups in total. The standard InChI is InChI=1S/C22H25N5O/c28-22(18-14-20-21(23-15-18)27(16-24-20)19-6-7-19)26-12-10-25(11-13-26)9-8-17-4-2-1-3-5-17/h1-5,14-16,19H,6-13H2. The van der Waals surface area contributed by atoms with Gasteiger partial charge in [-0.2, -0.15) is 0 Å². The molecule has 28 heavy (non-hydrogen) atoms. The van der Waals surface area contributed by atoms with E-state index in [-0.39, 0.29) is 5.91 Å². The summed E-state index contributed by atoms with van der Waals surface area (Å²) >= 11 is 0. The summed E-state index contributed by atoms with van der Waals surface area (Å²) in [6, 6.07) is 13.0. The minimum Gasteiger partial charge on any atom is -0.336 e. The summed E-state index contributed by atoms with van der Waals surface area (Å²) in [7, 11) is 0. The van der Waals surface area contributed by atoms with Crippen LogP contribution < -0.4 is 0 Å². The van der Waals surface area contributed by atoms with Crippen LogP contribution in [0, 0.1) is 0 Å². The third kappa shape index (κ3) is 3.52. The molecule has 0 spiro atoms. The van der Waals surface area contributed by atoms with Gasteiger partial charge >= 0.3 is 0 Å². The number of rotatable bonds is 5. The molecule has 1 saturated heterocycles. The summed E-state index contributed by atoms with van der Waals surface area (Å²) in [6.45, 7) is 4.41. The first-order chi connectivity index (χ1) is 13.8. The van der Waals surface area contributed by atoms with Crippen molar-refractivity contribution in [3.8, 4) is 0 Å². The molecule has 1 amide bonds. The maximum Gasteiger partial charge on any atom is 0.255 e. The molecule has 2 aliphatic rings. The number of piperazine rings is 1. The number of aromatic nitrogens is 3. The Morgan fingerprint density at radius 1 is 1.04 bits per heavy atom. The van der Waals surface area contributed by atoms with Crippen LogP contribution in [0.5, 0.6) is 0 Å². The van der Waals surface area contributed by atoms with Crippen LogP contribution in [0.25, 0.3) is 11.2 Å². The molecular weight excluding hydrogens is 350 g/mol. The van der Waals surface area contributed by atoms with Gasteiger partial charge in [0, 0.05) is 45.0 Å². The van der Waals surface area contributed by atoms with Crippen LogP contribution in [0.15, 0.2) is 48.9 Å². The van der Waals surface area contributed by atoms with Crippen LogP contribution in [0.4, 0.5) is 0 Å². The van der Waals surface area contributed by atoms with Crippen molar-refractivity contribution in [1.82, 2.24) is 24.3 Å². The van der Waals surface area contributed by atoms with Crippen molar-refractivity contribution in [3.05, 3.63) is 60.0 Å². The van der Waals surface area contributed by atoms with E-state index in [1.54, 1.807) is 6.20 Å². The van der Waals surface area contributed by atoms with Crippen molar-refractivity contribution < 1.29 is 4.79 Å². The predicted molar refractivity (Wildman–Crippen MR) is 108 cm³/mol. The van der Waals surface area contributed by atoms with Gasteiger partial charge in [-0.3, -0.25) is 9.69 Å². The molecule has 2 fully saturated rings. The Morgan fingerprint density at radius 3 is 2.57 bits per heavy atom. The fourth-order valence-corrected chi connectivity index (χ4v) is 3.94. The molecular formula is C22H25N5O. The molecule has 144 valence electrons. The average molecular weight is 375 g/mol. The maximum atomic E-state index is 12.9. The highest BCUT2D eigenvalue weighted by Crippen LogP contribution is 2.36. The smallest absolute Gasteiger partial charge is 0.255 e. The fraction of sp³-hybridized carbons (Fsp3) is 0.409. The van der Waals surface area contributed by atoms with Crippen LogP contribution in [0.2, 0.25) is 0 Å². The van der Waals surface area contributed by atoms with Gasteiger partial charge in [-0.05, 0) is 30.9 Å². The second-order valence-corrected chi connectivity index (χ2v) is 7.82. The molecule has 1 aliphatic carbocycles. The number of imidazole rings is 1. The number of carbonyl (C=O) groups excluding carboxylic acids is 1. The van der Waals surface area contributed by atoms with E-state index in [9.17, 15) is 4.79 Å². The van der Waals surface area contributed by atoms with E-state index in [1.165, 1.54) is 18.4 Å². The molecule has 0 bridgehead atoms. The Balaban J connectivity index is 1.19. The van der Waals surface area contributed by atoms with Crippen LogP contribution in [-0.2, 0) is 6.42 Å². The summed E-state index contributed by atoms with van der Waals surface area (Å²) < 4.78 is 2.13. The molecule has 3 aromatic rings. The zero-order chi connectivity index (χ0) is 18.9. The zero-order valence-corrected chi connectivity index (χ0v) is 16.0. The van der Waals surface area contributed by atoms with Crippen molar-refractivity contribution in [1.29, 1.82) is 0 Å². The topological polar surface area (TPSA) is 54.3 Å². The van der Waals surface area contributed by atoms with E-state index in [0.29, 0.717) is 11.6 Å². The largest absolute Gasteiger partial charge is 0.336 e. The second kappa shape index (κ2) is 7.36. The Hall–Kier alpha value is -2.73. The minimum absolute atomic E-state index is 0.0677. The lowest BCUT2D eigenvalue weighted by atomic mass is 10.1. The maximum absolute atomic E-state index is 12.9. The van der Waals surface area contributed by atoms with Gasteiger partial charge in [-0.1, -0.05) is 30.3 Å². The Morgan fingerprint density at radius 2 is 1.82 bits per heavy atom. The van der Waals surface area contributed by atoms with Crippen molar-refractivity contribution >= 4 is 17.1 Å². The van der Waals surface area contributed by atoms with Gasteiger partial charge in [0.15, 0.2) is 5.65 Å². The van der Waals surface area contributed by atoms with Crippen molar-refractivity contribution in [2.75, 3.05) is 32.7 Å². The molecule has 0 radical (unpaired) electrons. The lowest BCUT2D eigenvalue weighted by molar-refractivity contribution is 0.0638. The van der Waals surface area contributed by atoms with E-state index >= 15 is 0 Å². The molecule has 6 nitrogen and oxygen atoms in total. The number of hydrogen-bond donors (Lipinski definition) is 0. The number of amides is 1. The Labute approximate surface area is 164 Å². The number of hydrogen-bond acceptors (Lipinski definition) is 4. The summed E-state index contributed by atoms with van der Waals surface area (Å²) in [5.74, 6) is 0.0677. The summed E-state index contributed by atoms with van der Waals surface area (Å²) in [5.41, 5.74) is 3.72. The Bertz CT molecular complexity index is 971. The minimum atomic E-state index is 0.0677. The van der Waals surface area contributed by atoms with Gasteiger partial charge in [0.25, 0.3) is 5.91 Å². The zero-order valence-electron chi connectivity index (χ0n) is 16.0. The number of benzene rings is 1. The molecule has 6 heteroatoms. The van der Waals surface area contributed by atoms with Gasteiger partial charge < -0.3 is 9.47 Å². The first-order valence-electron chi connectivity index (χ1n) is 10.2. The normalized spacial score (nSPS) is 17.9. The number of carbonyl (C=O) groups is 1. The average Bonchev–Trinajstić information content (AvgIpc) is 3.51.